The van der Waals surface area contributed by atoms with Gasteiger partial charge in [-0.1, -0.05) is 32.4 Å². The van der Waals surface area contributed by atoms with Crippen LogP contribution in [0.25, 0.3) is 10.9 Å². The monoisotopic (exact) mass is 429 g/mol. The lowest BCUT2D eigenvalue weighted by molar-refractivity contribution is 0.195. The minimum Gasteiger partial charge on any atom is -0.416 e. The van der Waals surface area contributed by atoms with E-state index in [0.717, 1.165) is 28.7 Å². The number of fused-ring (bicyclic) bond motifs is 1. The fourth-order valence-electron chi connectivity index (χ4n) is 2.52. The van der Waals surface area contributed by atoms with Gasteiger partial charge in [0.1, 0.15) is 9.76 Å². The molecule has 24 heavy (non-hydrogen) atoms. The molecule has 3 rings (SSSR count). The van der Waals surface area contributed by atoms with Crippen LogP contribution in [0.2, 0.25) is 23.3 Å². The zero-order valence-corrected chi connectivity index (χ0v) is 18.3. The summed E-state index contributed by atoms with van der Waals surface area (Å²) in [4.78, 5) is 4.15. The lowest BCUT2D eigenvalue weighted by atomic mass is 10.1. The van der Waals surface area contributed by atoms with E-state index >= 15 is 0 Å². The zero-order valence-electron chi connectivity index (χ0n) is 15.0. The summed E-state index contributed by atoms with van der Waals surface area (Å²) in [5.74, 6) is 0. The van der Waals surface area contributed by atoms with Crippen LogP contribution in [0.5, 0.6) is 0 Å². The number of nitrogens with zero attached hydrogens (tertiary/aromatic N) is 3. The standard InChI is InChI=1S/C17H25BrClN3OSi/c1-16(2,3)24(4,5)23-11-17(6-7-17)10-22-13-8-14(19)20-9-12(13)15(18)21-22/h8-9H,6-7,10-11H2,1-5H3. The summed E-state index contributed by atoms with van der Waals surface area (Å²) in [6.07, 6.45) is 4.16. The van der Waals surface area contributed by atoms with Gasteiger partial charge in [-0.05, 0) is 46.9 Å². The highest BCUT2D eigenvalue weighted by atomic mass is 79.9. The van der Waals surface area contributed by atoms with Gasteiger partial charge in [0.25, 0.3) is 0 Å². The minimum absolute atomic E-state index is 0.212. The molecule has 1 aliphatic carbocycles. The predicted molar refractivity (Wildman–Crippen MR) is 105 cm³/mol. The number of hydrogen-bond acceptors (Lipinski definition) is 3. The third-order valence-corrected chi connectivity index (χ3v) is 10.8. The molecule has 0 spiro atoms. The van der Waals surface area contributed by atoms with Gasteiger partial charge in [-0.25, -0.2) is 4.98 Å². The second-order valence-electron chi connectivity index (χ2n) is 8.52. The van der Waals surface area contributed by atoms with Crippen molar-refractivity contribution in [1.82, 2.24) is 14.8 Å². The first kappa shape index (κ1) is 18.4. The van der Waals surface area contributed by atoms with Gasteiger partial charge in [-0.3, -0.25) is 4.68 Å². The molecule has 132 valence electrons. The van der Waals surface area contributed by atoms with Crippen LogP contribution in [-0.2, 0) is 11.0 Å². The highest BCUT2D eigenvalue weighted by Crippen LogP contribution is 2.49. The van der Waals surface area contributed by atoms with Gasteiger partial charge < -0.3 is 4.43 Å². The first-order chi connectivity index (χ1) is 11.0. The molecule has 0 aliphatic heterocycles. The normalized spacial score (nSPS) is 17.5. The number of halogens is 2. The Labute approximate surface area is 158 Å². The first-order valence-electron chi connectivity index (χ1n) is 8.35. The van der Waals surface area contributed by atoms with Crippen LogP contribution in [-0.4, -0.2) is 29.7 Å². The highest BCUT2D eigenvalue weighted by Gasteiger charge is 2.47. The van der Waals surface area contributed by atoms with Gasteiger partial charge in [0.05, 0.1) is 10.9 Å². The molecule has 0 bridgehead atoms. The summed E-state index contributed by atoms with van der Waals surface area (Å²) in [7, 11) is -1.72. The number of pyridine rings is 1. The average Bonchev–Trinajstić information content (AvgIpc) is 3.16. The molecule has 1 saturated carbocycles. The number of rotatable bonds is 5. The summed E-state index contributed by atoms with van der Waals surface area (Å²) >= 11 is 9.60. The molecular formula is C17H25BrClN3OSi. The quantitative estimate of drug-likeness (QED) is 0.454. The zero-order chi connectivity index (χ0) is 17.8. The Balaban J connectivity index is 1.78. The molecule has 0 N–H and O–H groups in total. The third-order valence-electron chi connectivity index (χ3n) is 5.55. The van der Waals surface area contributed by atoms with Crippen LogP contribution in [0.1, 0.15) is 33.6 Å². The van der Waals surface area contributed by atoms with Crippen LogP contribution >= 0.6 is 27.5 Å². The maximum absolute atomic E-state index is 6.48. The van der Waals surface area contributed by atoms with Crippen molar-refractivity contribution in [1.29, 1.82) is 0 Å². The van der Waals surface area contributed by atoms with Crippen molar-refractivity contribution < 1.29 is 4.43 Å². The van der Waals surface area contributed by atoms with E-state index in [-0.39, 0.29) is 10.5 Å². The van der Waals surface area contributed by atoms with Crippen molar-refractivity contribution in [3.63, 3.8) is 0 Å². The lowest BCUT2D eigenvalue weighted by Gasteiger charge is -2.37. The minimum atomic E-state index is -1.72. The van der Waals surface area contributed by atoms with Crippen LogP contribution in [0, 0.1) is 5.41 Å². The van der Waals surface area contributed by atoms with Crippen molar-refractivity contribution in [2.45, 2.75) is 58.3 Å². The van der Waals surface area contributed by atoms with E-state index in [1.54, 1.807) is 6.20 Å². The maximum atomic E-state index is 6.48. The Morgan fingerprint density at radius 3 is 2.62 bits per heavy atom. The van der Waals surface area contributed by atoms with E-state index in [4.69, 9.17) is 16.0 Å². The van der Waals surface area contributed by atoms with Crippen molar-refractivity contribution in [2.24, 2.45) is 5.41 Å². The molecule has 0 aromatic carbocycles. The van der Waals surface area contributed by atoms with Crippen molar-refractivity contribution >= 4 is 46.8 Å². The average molecular weight is 431 g/mol. The second-order valence-corrected chi connectivity index (χ2v) is 14.5. The van der Waals surface area contributed by atoms with Crippen molar-refractivity contribution in [2.75, 3.05) is 6.61 Å². The third kappa shape index (κ3) is 3.57. The molecule has 2 aromatic heterocycles. The Hall–Kier alpha value is -0.433. The van der Waals surface area contributed by atoms with E-state index in [0.29, 0.717) is 5.15 Å². The summed E-state index contributed by atoms with van der Waals surface area (Å²) < 4.78 is 9.36. The fraction of sp³-hybridized carbons (Fsp3) is 0.647. The van der Waals surface area contributed by atoms with E-state index in [1.165, 1.54) is 12.8 Å². The first-order valence-corrected chi connectivity index (χ1v) is 12.4. The molecule has 0 saturated heterocycles. The molecule has 0 radical (unpaired) electrons. The van der Waals surface area contributed by atoms with Crippen LogP contribution in [0.15, 0.2) is 16.9 Å². The molecule has 2 aromatic rings. The van der Waals surface area contributed by atoms with E-state index in [1.807, 2.05) is 6.07 Å². The summed E-state index contributed by atoms with van der Waals surface area (Å²) in [5, 5.41) is 6.38. The Bertz CT molecular complexity index is 765. The molecular weight excluding hydrogens is 406 g/mol. The number of hydrogen-bond donors (Lipinski definition) is 0. The topological polar surface area (TPSA) is 39.9 Å². The molecule has 0 unspecified atom stereocenters. The lowest BCUT2D eigenvalue weighted by Crippen LogP contribution is -2.42. The van der Waals surface area contributed by atoms with Gasteiger partial charge >= 0.3 is 0 Å². The molecule has 1 aliphatic rings. The fourth-order valence-corrected chi connectivity index (χ4v) is 4.27. The smallest absolute Gasteiger partial charge is 0.192 e. The summed E-state index contributed by atoms with van der Waals surface area (Å²) in [5.41, 5.74) is 1.24. The highest BCUT2D eigenvalue weighted by molar-refractivity contribution is 9.10. The summed E-state index contributed by atoms with van der Waals surface area (Å²) in [6, 6.07) is 1.89. The van der Waals surface area contributed by atoms with Gasteiger partial charge in [0, 0.05) is 30.8 Å². The molecule has 7 heteroatoms. The van der Waals surface area contributed by atoms with E-state index in [9.17, 15) is 0 Å². The van der Waals surface area contributed by atoms with Crippen molar-refractivity contribution in [3.05, 3.63) is 22.0 Å². The second kappa shape index (κ2) is 6.08. The van der Waals surface area contributed by atoms with Crippen molar-refractivity contribution in [3.8, 4) is 0 Å². The Morgan fingerprint density at radius 2 is 2.04 bits per heavy atom. The van der Waals surface area contributed by atoms with Crippen LogP contribution < -0.4 is 0 Å². The Morgan fingerprint density at radius 1 is 1.38 bits per heavy atom. The van der Waals surface area contributed by atoms with Crippen LogP contribution in [0.4, 0.5) is 0 Å². The van der Waals surface area contributed by atoms with E-state index in [2.05, 4.69) is 64.6 Å². The predicted octanol–water partition coefficient (Wildman–Crippen LogP) is 5.65. The van der Waals surface area contributed by atoms with E-state index < -0.39 is 8.32 Å². The SMILES string of the molecule is CC(C)(C)[Si](C)(C)OCC1(Cn2nc(Br)c3cnc(Cl)cc32)CC1. The van der Waals surface area contributed by atoms with Crippen LogP contribution in [0.3, 0.4) is 0 Å². The molecule has 1 fully saturated rings. The van der Waals surface area contributed by atoms with Gasteiger partial charge in [0.15, 0.2) is 8.32 Å². The van der Waals surface area contributed by atoms with Gasteiger partial charge in [-0.2, -0.15) is 5.10 Å². The number of aromatic nitrogens is 3. The molecule has 4 nitrogen and oxygen atoms in total. The van der Waals surface area contributed by atoms with Gasteiger partial charge in [-0.15, -0.1) is 0 Å². The molecule has 0 atom stereocenters. The molecule has 0 amide bonds. The maximum Gasteiger partial charge on any atom is 0.192 e. The molecule has 2 heterocycles. The summed E-state index contributed by atoms with van der Waals surface area (Å²) in [6.45, 7) is 13.2. The van der Waals surface area contributed by atoms with Gasteiger partial charge in [0.2, 0.25) is 0 Å². The Kier molecular flexibility index (Phi) is 4.65. The largest absolute Gasteiger partial charge is 0.416 e.